The van der Waals surface area contributed by atoms with Gasteiger partial charge in [0.2, 0.25) is 0 Å². The van der Waals surface area contributed by atoms with Gasteiger partial charge in [-0.05, 0) is 48.5 Å². The fraction of sp³-hybridized carbons (Fsp3) is 0.733. The largest absolute Gasteiger partial charge is 0.531 e. The third-order valence-electron chi connectivity index (χ3n) is 1.76. The molecule has 0 saturated carbocycles. The predicted molar refractivity (Wildman–Crippen MR) is 82.1 cm³/mol. The van der Waals surface area contributed by atoms with E-state index in [0.717, 1.165) is 0 Å². The Bertz CT molecular complexity index is 377. The molecule has 0 amide bonds. The molecule has 134 valence electrons. The minimum atomic E-state index is -1.01. The van der Waals surface area contributed by atoms with Gasteiger partial charge in [-0.2, -0.15) is 0 Å². The number of rotatable bonds is 6. The van der Waals surface area contributed by atoms with E-state index in [1.807, 2.05) is 0 Å². The van der Waals surface area contributed by atoms with E-state index < -0.39 is 23.5 Å². The van der Waals surface area contributed by atoms with Crippen molar-refractivity contribution in [3.8, 4) is 0 Å². The molecular formula is C15H27NO7. The van der Waals surface area contributed by atoms with Crippen molar-refractivity contribution in [3.05, 3.63) is 12.3 Å². The van der Waals surface area contributed by atoms with Crippen LogP contribution in [-0.4, -0.2) is 41.9 Å². The minimum absolute atomic E-state index is 0.0250. The second-order valence-electron chi connectivity index (χ2n) is 6.51. The standard InChI is InChI=1S/C15H27NO7/c1-8-10-19-11-9-16(22-12(17)20-14(2,3)4)23-13(18)21-15(5,6)7/h8,10H,9,11H2,1-7H3. The number of hydrogen-bond donors (Lipinski definition) is 0. The molecule has 0 aromatic carbocycles. The normalized spacial score (nSPS) is 12.2. The Labute approximate surface area is 137 Å². The summed E-state index contributed by atoms with van der Waals surface area (Å²) in [6, 6.07) is 0. The smallest absolute Gasteiger partial charge is 0.500 e. The maximum Gasteiger partial charge on any atom is 0.531 e. The molecule has 0 atom stereocenters. The van der Waals surface area contributed by atoms with Gasteiger partial charge < -0.3 is 14.2 Å². The first kappa shape index (κ1) is 21.0. The van der Waals surface area contributed by atoms with Crippen LogP contribution in [0.5, 0.6) is 0 Å². The van der Waals surface area contributed by atoms with Crippen molar-refractivity contribution in [2.24, 2.45) is 0 Å². The molecule has 0 unspecified atom stereocenters. The molecule has 0 radical (unpaired) electrons. The van der Waals surface area contributed by atoms with E-state index in [-0.39, 0.29) is 13.2 Å². The maximum atomic E-state index is 11.7. The van der Waals surface area contributed by atoms with E-state index in [1.165, 1.54) is 6.26 Å². The van der Waals surface area contributed by atoms with Crippen LogP contribution in [0.3, 0.4) is 0 Å². The molecule has 0 heterocycles. The van der Waals surface area contributed by atoms with Gasteiger partial charge in [-0.1, -0.05) is 6.08 Å². The van der Waals surface area contributed by atoms with E-state index in [4.69, 9.17) is 23.9 Å². The fourth-order valence-corrected chi connectivity index (χ4v) is 1.10. The Kier molecular flexibility index (Phi) is 8.45. The average molecular weight is 333 g/mol. The Morgan fingerprint density at radius 1 is 0.913 bits per heavy atom. The van der Waals surface area contributed by atoms with E-state index in [9.17, 15) is 9.59 Å². The topological polar surface area (TPSA) is 83.5 Å². The number of hydroxylamine groups is 2. The summed E-state index contributed by atoms with van der Waals surface area (Å²) in [5.41, 5.74) is -1.48. The maximum absolute atomic E-state index is 11.7. The first-order valence-corrected chi connectivity index (χ1v) is 7.25. The number of nitrogens with zero attached hydrogens (tertiary/aromatic N) is 1. The molecule has 0 fully saturated rings. The number of hydrogen-bond acceptors (Lipinski definition) is 8. The number of ether oxygens (including phenoxy) is 3. The van der Waals surface area contributed by atoms with Gasteiger partial charge in [0.05, 0.1) is 6.26 Å². The summed E-state index contributed by atoms with van der Waals surface area (Å²) in [4.78, 5) is 33.0. The van der Waals surface area contributed by atoms with Crippen molar-refractivity contribution in [2.75, 3.05) is 13.2 Å². The molecule has 0 spiro atoms. The van der Waals surface area contributed by atoms with Crippen LogP contribution in [-0.2, 0) is 23.9 Å². The molecule has 0 aliphatic heterocycles. The second kappa shape index (κ2) is 9.24. The van der Waals surface area contributed by atoms with Crippen LogP contribution in [0.1, 0.15) is 48.5 Å². The Morgan fingerprint density at radius 2 is 1.35 bits per heavy atom. The first-order chi connectivity index (χ1) is 10.4. The summed E-state index contributed by atoms with van der Waals surface area (Å²) >= 11 is 0. The summed E-state index contributed by atoms with van der Waals surface area (Å²) in [6.45, 7) is 12.0. The van der Waals surface area contributed by atoms with Crippen molar-refractivity contribution in [1.29, 1.82) is 0 Å². The van der Waals surface area contributed by atoms with Crippen LogP contribution >= 0.6 is 0 Å². The molecule has 8 nitrogen and oxygen atoms in total. The molecule has 8 heteroatoms. The van der Waals surface area contributed by atoms with Crippen LogP contribution in [0.2, 0.25) is 0 Å². The van der Waals surface area contributed by atoms with E-state index >= 15 is 0 Å². The highest BCUT2D eigenvalue weighted by molar-refractivity contribution is 5.61. The van der Waals surface area contributed by atoms with Crippen LogP contribution in [0.4, 0.5) is 9.59 Å². The monoisotopic (exact) mass is 333 g/mol. The predicted octanol–water partition coefficient (Wildman–Crippen LogP) is 3.57. The third kappa shape index (κ3) is 13.4. The van der Waals surface area contributed by atoms with Crippen LogP contribution in [0.25, 0.3) is 0 Å². The van der Waals surface area contributed by atoms with E-state index in [1.54, 1.807) is 54.5 Å². The highest BCUT2D eigenvalue weighted by Gasteiger charge is 2.25. The Hall–Kier alpha value is -1.96. The summed E-state index contributed by atoms with van der Waals surface area (Å²) < 4.78 is 15.1. The van der Waals surface area contributed by atoms with Gasteiger partial charge in [-0.3, -0.25) is 9.68 Å². The molecule has 0 aromatic rings. The zero-order chi connectivity index (χ0) is 18.1. The number of carbonyl (C=O) groups is 2. The highest BCUT2D eigenvalue weighted by atomic mass is 17.0. The third-order valence-corrected chi connectivity index (χ3v) is 1.76. The average Bonchev–Trinajstić information content (AvgIpc) is 2.29. The molecule has 0 rings (SSSR count). The summed E-state index contributed by atoms with van der Waals surface area (Å²) in [5, 5.41) is 0.658. The van der Waals surface area contributed by atoms with Crippen molar-refractivity contribution in [1.82, 2.24) is 5.23 Å². The Balaban J connectivity index is 4.61. The molecule has 0 aromatic heterocycles. The van der Waals surface area contributed by atoms with Crippen molar-refractivity contribution >= 4 is 12.3 Å². The van der Waals surface area contributed by atoms with Gasteiger partial charge in [0.25, 0.3) is 0 Å². The zero-order valence-electron chi connectivity index (χ0n) is 14.9. The Morgan fingerprint density at radius 3 is 1.70 bits per heavy atom. The second-order valence-corrected chi connectivity index (χ2v) is 6.51. The lowest BCUT2D eigenvalue weighted by molar-refractivity contribution is -0.321. The molecule has 0 N–H and O–H groups in total. The van der Waals surface area contributed by atoms with Gasteiger partial charge in [-0.25, -0.2) is 9.59 Å². The van der Waals surface area contributed by atoms with Crippen LogP contribution in [0, 0.1) is 0 Å². The van der Waals surface area contributed by atoms with Gasteiger partial charge in [0.15, 0.2) is 0 Å². The SMILES string of the molecule is CC=COCCN(OC(=O)OC(C)(C)C)OC(=O)OC(C)(C)C. The van der Waals surface area contributed by atoms with Crippen LogP contribution < -0.4 is 0 Å². The van der Waals surface area contributed by atoms with E-state index in [0.29, 0.717) is 5.23 Å². The molecule has 23 heavy (non-hydrogen) atoms. The number of carbonyl (C=O) groups excluding carboxylic acids is 2. The lowest BCUT2D eigenvalue weighted by atomic mass is 10.2. The lowest BCUT2D eigenvalue weighted by Gasteiger charge is -2.24. The summed E-state index contributed by atoms with van der Waals surface area (Å²) in [6.07, 6.45) is 1.13. The summed E-state index contributed by atoms with van der Waals surface area (Å²) in [7, 11) is 0. The van der Waals surface area contributed by atoms with Gasteiger partial charge in [0.1, 0.15) is 24.4 Å². The minimum Gasteiger partial charge on any atom is -0.500 e. The highest BCUT2D eigenvalue weighted by Crippen LogP contribution is 2.12. The number of allylic oxidation sites excluding steroid dienone is 1. The molecule has 0 aliphatic rings. The van der Waals surface area contributed by atoms with Gasteiger partial charge in [0, 0.05) is 5.23 Å². The van der Waals surface area contributed by atoms with Crippen molar-refractivity contribution in [2.45, 2.75) is 59.7 Å². The zero-order valence-corrected chi connectivity index (χ0v) is 14.9. The van der Waals surface area contributed by atoms with E-state index in [2.05, 4.69) is 0 Å². The molecule has 0 bridgehead atoms. The van der Waals surface area contributed by atoms with Crippen molar-refractivity contribution < 1.29 is 33.5 Å². The quantitative estimate of drug-likeness (QED) is 0.316. The van der Waals surface area contributed by atoms with Crippen molar-refractivity contribution in [3.63, 3.8) is 0 Å². The molecule has 0 aliphatic carbocycles. The van der Waals surface area contributed by atoms with Gasteiger partial charge >= 0.3 is 12.3 Å². The fourth-order valence-electron chi connectivity index (χ4n) is 1.10. The lowest BCUT2D eigenvalue weighted by Crippen LogP contribution is -2.37. The molecule has 0 saturated heterocycles. The van der Waals surface area contributed by atoms with Crippen LogP contribution in [0.15, 0.2) is 12.3 Å². The molecular weight excluding hydrogens is 306 g/mol. The van der Waals surface area contributed by atoms with Gasteiger partial charge in [-0.15, -0.1) is 0 Å². The summed E-state index contributed by atoms with van der Waals surface area (Å²) in [5.74, 6) is 0. The first-order valence-electron chi connectivity index (χ1n) is 7.25.